The van der Waals surface area contributed by atoms with Crippen molar-refractivity contribution in [2.45, 2.75) is 5.16 Å². The summed E-state index contributed by atoms with van der Waals surface area (Å²) in [5, 5.41) is 3.70. The molecule has 1 aliphatic heterocycles. The monoisotopic (exact) mass is 417 g/mol. The van der Waals surface area contributed by atoms with E-state index in [1.807, 2.05) is 66.7 Å². The molecule has 3 aromatic carbocycles. The van der Waals surface area contributed by atoms with E-state index >= 15 is 0 Å². The lowest BCUT2D eigenvalue weighted by molar-refractivity contribution is -0.113. The van der Waals surface area contributed by atoms with Gasteiger partial charge in [0.05, 0.1) is 16.8 Å². The fourth-order valence-electron chi connectivity index (χ4n) is 3.38. The standard InChI is InChI=1S/C23H19N3O3S/c27-22(24-16-10-11-20-21(14-16)29-13-12-28-20)15-30-23-25-18-8-4-5-9-19(18)26(23)17-6-2-1-3-7-17/h1-11,14H,12-13,15H2,(H,24,27). The zero-order chi connectivity index (χ0) is 20.3. The van der Waals surface area contributed by atoms with Gasteiger partial charge >= 0.3 is 0 Å². The lowest BCUT2D eigenvalue weighted by Crippen LogP contribution is -2.17. The molecule has 0 spiro atoms. The molecule has 0 radical (unpaired) electrons. The minimum absolute atomic E-state index is 0.108. The number of para-hydroxylation sites is 3. The van der Waals surface area contributed by atoms with Crippen LogP contribution in [0.3, 0.4) is 0 Å². The second-order valence-corrected chi connectivity index (χ2v) is 7.69. The Morgan fingerprint density at radius 1 is 0.967 bits per heavy atom. The van der Waals surface area contributed by atoms with Gasteiger partial charge in [-0.1, -0.05) is 42.1 Å². The van der Waals surface area contributed by atoms with Crippen LogP contribution in [0.2, 0.25) is 0 Å². The van der Waals surface area contributed by atoms with E-state index in [0.717, 1.165) is 21.9 Å². The number of ether oxygens (including phenoxy) is 2. The van der Waals surface area contributed by atoms with Crippen molar-refractivity contribution >= 4 is 34.4 Å². The van der Waals surface area contributed by atoms with Crippen molar-refractivity contribution in [3.8, 4) is 17.2 Å². The van der Waals surface area contributed by atoms with Gasteiger partial charge in [0, 0.05) is 17.4 Å². The van der Waals surface area contributed by atoms with Crippen LogP contribution in [0, 0.1) is 0 Å². The van der Waals surface area contributed by atoms with Crippen molar-refractivity contribution < 1.29 is 14.3 Å². The molecule has 0 aliphatic carbocycles. The van der Waals surface area contributed by atoms with E-state index < -0.39 is 0 Å². The van der Waals surface area contributed by atoms with Gasteiger partial charge in [-0.3, -0.25) is 9.36 Å². The molecule has 30 heavy (non-hydrogen) atoms. The molecule has 1 aromatic heterocycles. The molecule has 0 saturated heterocycles. The van der Waals surface area contributed by atoms with Gasteiger partial charge in [0.25, 0.3) is 0 Å². The van der Waals surface area contributed by atoms with Crippen LogP contribution in [0.15, 0.2) is 78.0 Å². The number of nitrogens with zero attached hydrogens (tertiary/aromatic N) is 2. The summed E-state index contributed by atoms with van der Waals surface area (Å²) >= 11 is 1.41. The topological polar surface area (TPSA) is 65.4 Å². The first-order valence-electron chi connectivity index (χ1n) is 9.63. The number of carbonyl (C=O) groups excluding carboxylic acids is 1. The Hall–Kier alpha value is -3.45. The summed E-state index contributed by atoms with van der Waals surface area (Å²) in [5.74, 6) is 1.48. The lowest BCUT2D eigenvalue weighted by Gasteiger charge is -2.19. The highest BCUT2D eigenvalue weighted by molar-refractivity contribution is 7.99. The first-order valence-corrected chi connectivity index (χ1v) is 10.6. The summed E-state index contributed by atoms with van der Waals surface area (Å²) in [6.45, 7) is 1.05. The molecule has 4 aromatic rings. The van der Waals surface area contributed by atoms with Crippen LogP contribution in [0.1, 0.15) is 0 Å². The Balaban J connectivity index is 1.34. The van der Waals surface area contributed by atoms with Crippen molar-refractivity contribution in [2.75, 3.05) is 24.3 Å². The van der Waals surface area contributed by atoms with Crippen LogP contribution in [0.5, 0.6) is 11.5 Å². The molecule has 0 saturated carbocycles. The van der Waals surface area contributed by atoms with Crippen LogP contribution in [-0.2, 0) is 4.79 Å². The molecular weight excluding hydrogens is 398 g/mol. The predicted molar refractivity (Wildman–Crippen MR) is 118 cm³/mol. The molecule has 1 amide bonds. The first kappa shape index (κ1) is 18.6. The third-order valence-electron chi connectivity index (χ3n) is 4.70. The average Bonchev–Trinajstić information content (AvgIpc) is 3.17. The van der Waals surface area contributed by atoms with E-state index in [1.165, 1.54) is 11.8 Å². The molecule has 6 nitrogen and oxygen atoms in total. The van der Waals surface area contributed by atoms with Crippen LogP contribution in [0.4, 0.5) is 5.69 Å². The second kappa shape index (κ2) is 8.12. The maximum Gasteiger partial charge on any atom is 0.234 e. The molecular formula is C23H19N3O3S. The summed E-state index contributed by atoms with van der Waals surface area (Å²) in [6, 6.07) is 23.4. The van der Waals surface area contributed by atoms with Gasteiger partial charge in [0.1, 0.15) is 13.2 Å². The van der Waals surface area contributed by atoms with Gasteiger partial charge in [-0.05, 0) is 36.4 Å². The number of hydrogen-bond acceptors (Lipinski definition) is 5. The molecule has 0 atom stereocenters. The van der Waals surface area contributed by atoms with Crippen LogP contribution >= 0.6 is 11.8 Å². The molecule has 2 heterocycles. The maximum absolute atomic E-state index is 12.6. The van der Waals surface area contributed by atoms with Crippen molar-refractivity contribution in [3.05, 3.63) is 72.8 Å². The van der Waals surface area contributed by atoms with E-state index in [2.05, 4.69) is 9.88 Å². The third kappa shape index (κ3) is 3.71. The number of hydrogen-bond donors (Lipinski definition) is 1. The van der Waals surface area contributed by atoms with Crippen LogP contribution < -0.4 is 14.8 Å². The number of benzene rings is 3. The van der Waals surface area contributed by atoms with Gasteiger partial charge < -0.3 is 14.8 Å². The number of thioether (sulfide) groups is 1. The highest BCUT2D eigenvalue weighted by Crippen LogP contribution is 2.33. The lowest BCUT2D eigenvalue weighted by atomic mass is 10.2. The van der Waals surface area contributed by atoms with Gasteiger partial charge in [0.2, 0.25) is 5.91 Å². The van der Waals surface area contributed by atoms with Gasteiger partial charge in [-0.15, -0.1) is 0 Å². The SMILES string of the molecule is O=C(CSc1nc2ccccc2n1-c1ccccc1)Nc1ccc2c(c1)OCCO2. The first-order chi connectivity index (χ1) is 14.8. The molecule has 1 aliphatic rings. The largest absolute Gasteiger partial charge is 0.486 e. The highest BCUT2D eigenvalue weighted by atomic mass is 32.2. The third-order valence-corrected chi connectivity index (χ3v) is 5.64. The zero-order valence-corrected chi connectivity index (χ0v) is 16.9. The van der Waals surface area contributed by atoms with Gasteiger partial charge in [0.15, 0.2) is 16.7 Å². The number of carbonyl (C=O) groups is 1. The van der Waals surface area contributed by atoms with Crippen LogP contribution in [-0.4, -0.2) is 34.4 Å². The van der Waals surface area contributed by atoms with Gasteiger partial charge in [-0.2, -0.15) is 0 Å². The second-order valence-electron chi connectivity index (χ2n) is 6.75. The Morgan fingerprint density at radius 3 is 2.60 bits per heavy atom. The summed E-state index contributed by atoms with van der Waals surface area (Å²) < 4.78 is 13.2. The number of imidazole rings is 1. The van der Waals surface area contributed by atoms with E-state index in [-0.39, 0.29) is 11.7 Å². The molecule has 0 fully saturated rings. The normalized spacial score (nSPS) is 12.7. The highest BCUT2D eigenvalue weighted by Gasteiger charge is 2.16. The molecule has 1 N–H and O–H groups in total. The van der Waals surface area contributed by atoms with Gasteiger partial charge in [-0.25, -0.2) is 4.98 Å². The fourth-order valence-corrected chi connectivity index (χ4v) is 4.20. The van der Waals surface area contributed by atoms with E-state index in [1.54, 1.807) is 6.07 Å². The summed E-state index contributed by atoms with van der Waals surface area (Å²) in [5.41, 5.74) is 3.61. The number of aromatic nitrogens is 2. The fraction of sp³-hybridized carbons (Fsp3) is 0.130. The van der Waals surface area contributed by atoms with E-state index in [9.17, 15) is 4.79 Å². The molecule has 7 heteroatoms. The number of anilines is 1. The minimum atomic E-state index is -0.108. The number of rotatable bonds is 5. The van der Waals surface area contributed by atoms with Crippen molar-refractivity contribution in [1.82, 2.24) is 9.55 Å². The van der Waals surface area contributed by atoms with E-state index in [0.29, 0.717) is 30.4 Å². The Labute approximate surface area is 177 Å². The number of fused-ring (bicyclic) bond motifs is 2. The Kier molecular flexibility index (Phi) is 5.03. The van der Waals surface area contributed by atoms with Crippen LogP contribution in [0.25, 0.3) is 16.7 Å². The Morgan fingerprint density at radius 2 is 1.73 bits per heavy atom. The smallest absolute Gasteiger partial charge is 0.234 e. The Bertz CT molecular complexity index is 1210. The summed E-state index contributed by atoms with van der Waals surface area (Å²) in [4.78, 5) is 17.3. The number of amides is 1. The number of nitrogens with one attached hydrogen (secondary N) is 1. The quantitative estimate of drug-likeness (QED) is 0.484. The minimum Gasteiger partial charge on any atom is -0.486 e. The molecule has 150 valence electrons. The zero-order valence-electron chi connectivity index (χ0n) is 16.1. The average molecular weight is 417 g/mol. The summed E-state index contributed by atoms with van der Waals surface area (Å²) in [6.07, 6.45) is 0. The molecule has 0 bridgehead atoms. The predicted octanol–water partition coefficient (Wildman–Crippen LogP) is 4.53. The van der Waals surface area contributed by atoms with Crippen molar-refractivity contribution in [1.29, 1.82) is 0 Å². The maximum atomic E-state index is 12.6. The summed E-state index contributed by atoms with van der Waals surface area (Å²) in [7, 11) is 0. The molecule has 0 unspecified atom stereocenters. The molecule has 5 rings (SSSR count). The van der Waals surface area contributed by atoms with Crippen molar-refractivity contribution in [2.24, 2.45) is 0 Å². The van der Waals surface area contributed by atoms with Crippen molar-refractivity contribution in [3.63, 3.8) is 0 Å². The van der Waals surface area contributed by atoms with E-state index in [4.69, 9.17) is 14.5 Å².